The van der Waals surface area contributed by atoms with E-state index in [2.05, 4.69) is 5.32 Å². The molecular weight excluding hydrogens is 362 g/mol. The predicted octanol–water partition coefficient (Wildman–Crippen LogP) is 3.14. The zero-order valence-corrected chi connectivity index (χ0v) is 15.2. The summed E-state index contributed by atoms with van der Waals surface area (Å²) in [5.41, 5.74) is 0.622. The molecule has 2 aromatic carbocycles. The van der Waals surface area contributed by atoms with Gasteiger partial charge in [0.05, 0.1) is 16.7 Å². The van der Waals surface area contributed by atoms with E-state index in [4.69, 9.17) is 16.3 Å². The monoisotopic (exact) mass is 379 g/mol. The second-order valence-electron chi connectivity index (χ2n) is 5.92. The Labute approximate surface area is 151 Å². The fourth-order valence-electron chi connectivity index (χ4n) is 2.83. The highest BCUT2D eigenvalue weighted by molar-refractivity contribution is 7.91. The van der Waals surface area contributed by atoms with E-state index in [-0.39, 0.29) is 22.6 Å². The summed E-state index contributed by atoms with van der Waals surface area (Å²) in [6.45, 7) is 1.64. The van der Waals surface area contributed by atoms with Gasteiger partial charge in [-0.2, -0.15) is 0 Å². The van der Waals surface area contributed by atoms with E-state index in [1.54, 1.807) is 55.5 Å². The number of halogens is 1. The second-order valence-corrected chi connectivity index (χ2v) is 8.44. The number of ether oxygens (including phenoxy) is 1. The molecule has 1 N–H and O–H groups in total. The van der Waals surface area contributed by atoms with Crippen molar-refractivity contribution >= 4 is 27.3 Å². The van der Waals surface area contributed by atoms with Crippen LogP contribution >= 0.6 is 11.6 Å². The maximum Gasteiger partial charge on any atom is 0.261 e. The van der Waals surface area contributed by atoms with E-state index < -0.39 is 15.9 Å². The summed E-state index contributed by atoms with van der Waals surface area (Å²) >= 11 is 5.91. The van der Waals surface area contributed by atoms with Crippen LogP contribution in [0.25, 0.3) is 0 Å². The highest BCUT2D eigenvalue weighted by atomic mass is 35.5. The number of carbonyl (C=O) groups excluding carboxylic acids is 1. The van der Waals surface area contributed by atoms with Crippen LogP contribution in [-0.4, -0.2) is 26.2 Å². The predicted molar refractivity (Wildman–Crippen MR) is 95.5 cm³/mol. The van der Waals surface area contributed by atoms with Crippen molar-refractivity contribution in [2.75, 3.05) is 5.75 Å². The van der Waals surface area contributed by atoms with Crippen molar-refractivity contribution in [2.45, 2.75) is 30.4 Å². The first kappa shape index (κ1) is 17.8. The van der Waals surface area contributed by atoms with Crippen LogP contribution in [0.2, 0.25) is 5.02 Å². The Hall–Kier alpha value is -2.05. The van der Waals surface area contributed by atoms with Crippen molar-refractivity contribution in [1.29, 1.82) is 0 Å². The van der Waals surface area contributed by atoms with Crippen molar-refractivity contribution < 1.29 is 17.9 Å². The minimum Gasteiger partial charge on any atom is -0.481 e. The van der Waals surface area contributed by atoms with Gasteiger partial charge < -0.3 is 10.1 Å². The lowest BCUT2D eigenvalue weighted by Crippen LogP contribution is -2.40. The van der Waals surface area contributed by atoms with Gasteiger partial charge in [0.2, 0.25) is 0 Å². The van der Waals surface area contributed by atoms with Gasteiger partial charge in [-0.05, 0) is 43.2 Å². The Morgan fingerprint density at radius 3 is 2.76 bits per heavy atom. The Bertz CT molecular complexity index is 897. The topological polar surface area (TPSA) is 72.5 Å². The third-order valence-electron chi connectivity index (χ3n) is 4.10. The summed E-state index contributed by atoms with van der Waals surface area (Å²) in [5.74, 6) is 0.208. The molecule has 0 fully saturated rings. The van der Waals surface area contributed by atoms with Crippen molar-refractivity contribution in [3.63, 3.8) is 0 Å². The van der Waals surface area contributed by atoms with Crippen LogP contribution in [0, 0.1) is 0 Å². The smallest absolute Gasteiger partial charge is 0.261 e. The minimum absolute atomic E-state index is 0.0124. The van der Waals surface area contributed by atoms with E-state index >= 15 is 0 Å². The lowest BCUT2D eigenvalue weighted by molar-refractivity contribution is -0.128. The molecule has 0 saturated carbocycles. The largest absolute Gasteiger partial charge is 0.481 e. The van der Waals surface area contributed by atoms with Crippen molar-refractivity contribution in [1.82, 2.24) is 5.32 Å². The highest BCUT2D eigenvalue weighted by Crippen LogP contribution is 2.32. The minimum atomic E-state index is -3.28. The molecule has 1 heterocycles. The summed E-state index contributed by atoms with van der Waals surface area (Å²) < 4.78 is 29.9. The Balaban J connectivity index is 1.73. The summed E-state index contributed by atoms with van der Waals surface area (Å²) in [6.07, 6.45) is -0.390. The normalized spacial score (nSPS) is 19.5. The zero-order valence-electron chi connectivity index (χ0n) is 13.6. The molecule has 0 radical (unpaired) electrons. The average Bonchev–Trinajstić information content (AvgIpc) is 2.57. The summed E-state index contributed by atoms with van der Waals surface area (Å²) in [5, 5.41) is 3.41. The van der Waals surface area contributed by atoms with Gasteiger partial charge in [0, 0.05) is 5.02 Å². The molecule has 0 aliphatic carbocycles. The number of sulfone groups is 1. The van der Waals surface area contributed by atoms with Crippen molar-refractivity contribution in [2.24, 2.45) is 0 Å². The zero-order chi connectivity index (χ0) is 18.0. The lowest BCUT2D eigenvalue weighted by Gasteiger charge is -2.27. The van der Waals surface area contributed by atoms with E-state index in [9.17, 15) is 13.2 Å². The molecule has 3 rings (SSSR count). The number of fused-ring (bicyclic) bond motifs is 1. The number of benzene rings is 2. The number of rotatable bonds is 4. The number of hydrogen-bond donors (Lipinski definition) is 1. The molecule has 2 atom stereocenters. The van der Waals surface area contributed by atoms with Gasteiger partial charge in [0.25, 0.3) is 5.91 Å². The molecule has 0 spiro atoms. The summed E-state index contributed by atoms with van der Waals surface area (Å²) in [7, 11) is -3.28. The molecule has 0 aromatic heterocycles. The fourth-order valence-corrected chi connectivity index (χ4v) is 4.63. The highest BCUT2D eigenvalue weighted by Gasteiger charge is 2.31. The van der Waals surface area contributed by atoms with Gasteiger partial charge in [-0.3, -0.25) is 4.79 Å². The van der Waals surface area contributed by atoms with Crippen LogP contribution in [0.15, 0.2) is 53.4 Å². The number of amides is 1. The second kappa shape index (κ2) is 7.06. The van der Waals surface area contributed by atoms with E-state index in [0.29, 0.717) is 22.8 Å². The van der Waals surface area contributed by atoms with Gasteiger partial charge in [0.1, 0.15) is 5.75 Å². The number of hydrogen-bond acceptors (Lipinski definition) is 4. The van der Waals surface area contributed by atoms with Gasteiger partial charge in [0.15, 0.2) is 15.9 Å². The quantitative estimate of drug-likeness (QED) is 0.885. The maximum absolute atomic E-state index is 12.5. The van der Waals surface area contributed by atoms with Crippen LogP contribution < -0.4 is 10.1 Å². The maximum atomic E-state index is 12.5. The van der Waals surface area contributed by atoms with Crippen LogP contribution in [0.4, 0.5) is 0 Å². The third kappa shape index (κ3) is 3.96. The van der Waals surface area contributed by atoms with Gasteiger partial charge in [-0.15, -0.1) is 0 Å². The molecule has 25 heavy (non-hydrogen) atoms. The van der Waals surface area contributed by atoms with Crippen molar-refractivity contribution in [3.05, 3.63) is 59.1 Å². The summed E-state index contributed by atoms with van der Waals surface area (Å²) in [4.78, 5) is 12.7. The van der Waals surface area contributed by atoms with Crippen LogP contribution in [0.5, 0.6) is 5.75 Å². The molecule has 1 amide bonds. The standard InChI is InChI=1S/C18H18ClNO4S/c1-12(24-14-6-4-5-13(19)11-14)18(21)20-16-9-10-25(22,23)17-8-3-2-7-15(16)17/h2-8,11-12,16H,9-10H2,1H3,(H,20,21). The first-order chi connectivity index (χ1) is 11.9. The first-order valence-corrected chi connectivity index (χ1v) is 9.94. The molecular formula is C18H18ClNO4S. The van der Waals surface area contributed by atoms with Crippen LogP contribution in [0.1, 0.15) is 24.9 Å². The molecule has 1 aliphatic rings. The molecule has 0 bridgehead atoms. The van der Waals surface area contributed by atoms with E-state index in [1.807, 2.05) is 0 Å². The molecule has 5 nitrogen and oxygen atoms in total. The first-order valence-electron chi connectivity index (χ1n) is 7.91. The number of carbonyl (C=O) groups is 1. The molecule has 0 saturated heterocycles. The average molecular weight is 380 g/mol. The Morgan fingerprint density at radius 1 is 1.24 bits per heavy atom. The van der Waals surface area contributed by atoms with Crippen LogP contribution in [0.3, 0.4) is 0 Å². The molecule has 132 valence electrons. The lowest BCUT2D eigenvalue weighted by atomic mass is 10.0. The van der Waals surface area contributed by atoms with Crippen LogP contribution in [-0.2, 0) is 14.6 Å². The Morgan fingerprint density at radius 2 is 2.00 bits per heavy atom. The van der Waals surface area contributed by atoms with Gasteiger partial charge in [-0.1, -0.05) is 35.9 Å². The molecule has 1 aliphatic heterocycles. The molecule has 2 aromatic rings. The van der Waals surface area contributed by atoms with E-state index in [0.717, 1.165) is 0 Å². The van der Waals surface area contributed by atoms with Gasteiger partial charge in [-0.25, -0.2) is 8.42 Å². The SMILES string of the molecule is CC(Oc1cccc(Cl)c1)C(=O)NC1CCS(=O)(=O)c2ccccc21. The van der Waals surface area contributed by atoms with E-state index in [1.165, 1.54) is 0 Å². The van der Waals surface area contributed by atoms with Gasteiger partial charge >= 0.3 is 0 Å². The molecule has 7 heteroatoms. The fraction of sp³-hybridized carbons (Fsp3) is 0.278. The third-order valence-corrected chi connectivity index (χ3v) is 6.15. The Kier molecular flexibility index (Phi) is 5.01. The summed E-state index contributed by atoms with van der Waals surface area (Å²) in [6, 6.07) is 13.2. The number of nitrogens with one attached hydrogen (secondary N) is 1. The van der Waals surface area contributed by atoms with Crippen molar-refractivity contribution in [3.8, 4) is 5.75 Å². The molecule has 2 unspecified atom stereocenters.